The van der Waals surface area contributed by atoms with E-state index in [2.05, 4.69) is 0 Å². The van der Waals surface area contributed by atoms with E-state index < -0.39 is 5.63 Å². The monoisotopic (exact) mass is 294 g/mol. The second-order valence-electron chi connectivity index (χ2n) is 5.79. The Morgan fingerprint density at radius 3 is 2.64 bits per heavy atom. The molecule has 0 radical (unpaired) electrons. The average molecular weight is 294 g/mol. The Balaban J connectivity index is 2.33. The number of ether oxygens (including phenoxy) is 1. The van der Waals surface area contributed by atoms with E-state index in [4.69, 9.17) is 9.15 Å². The third-order valence-electron chi connectivity index (χ3n) is 4.34. The first-order chi connectivity index (χ1) is 10.6. The van der Waals surface area contributed by atoms with Crippen molar-refractivity contribution in [3.63, 3.8) is 0 Å². The van der Waals surface area contributed by atoms with Gasteiger partial charge in [-0.2, -0.15) is 0 Å². The van der Waals surface area contributed by atoms with Gasteiger partial charge in [-0.1, -0.05) is 31.2 Å². The highest BCUT2D eigenvalue weighted by molar-refractivity contribution is 6.07. The van der Waals surface area contributed by atoms with Crippen molar-refractivity contribution in [2.45, 2.75) is 19.8 Å². The Morgan fingerprint density at radius 1 is 1.05 bits per heavy atom. The number of hydrogen-bond acceptors (Lipinski definition) is 4. The lowest BCUT2D eigenvalue weighted by molar-refractivity contribution is 0.257. The molecule has 1 aromatic heterocycles. The zero-order valence-electron chi connectivity index (χ0n) is 12.3. The van der Waals surface area contributed by atoms with Gasteiger partial charge in [0, 0.05) is 11.3 Å². The van der Waals surface area contributed by atoms with E-state index in [1.165, 1.54) is 0 Å². The minimum absolute atomic E-state index is 0.0690. The molecule has 0 amide bonds. The fourth-order valence-corrected chi connectivity index (χ4v) is 3.17. The molecular weight excluding hydrogens is 280 g/mol. The van der Waals surface area contributed by atoms with Crippen molar-refractivity contribution in [1.29, 1.82) is 0 Å². The topological polar surface area (TPSA) is 56.5 Å². The summed E-state index contributed by atoms with van der Waals surface area (Å²) < 4.78 is 10.7. The number of aryl methyl sites for hydroxylation is 1. The number of rotatable bonds is 0. The third-order valence-corrected chi connectivity index (χ3v) is 4.34. The van der Waals surface area contributed by atoms with Gasteiger partial charge in [0.1, 0.15) is 0 Å². The maximum Gasteiger partial charge on any atom is 0.347 e. The van der Waals surface area contributed by atoms with Crippen LogP contribution < -0.4 is 15.8 Å². The lowest BCUT2D eigenvalue weighted by Gasteiger charge is -2.03. The van der Waals surface area contributed by atoms with Crippen LogP contribution in [-0.4, -0.2) is 6.61 Å². The quantitative estimate of drug-likeness (QED) is 0.639. The summed E-state index contributed by atoms with van der Waals surface area (Å²) in [5, 5.41) is 2.41. The van der Waals surface area contributed by atoms with Crippen molar-refractivity contribution in [3.05, 3.63) is 62.1 Å². The molecule has 22 heavy (non-hydrogen) atoms. The van der Waals surface area contributed by atoms with Crippen LogP contribution in [0.4, 0.5) is 0 Å². The second kappa shape index (κ2) is 4.44. The van der Waals surface area contributed by atoms with E-state index >= 15 is 0 Å². The third kappa shape index (κ3) is 1.64. The lowest BCUT2D eigenvalue weighted by atomic mass is 9.98. The summed E-state index contributed by atoms with van der Waals surface area (Å²) in [6, 6.07) is 9.30. The Kier molecular flexibility index (Phi) is 2.64. The maximum absolute atomic E-state index is 12.8. The standard InChI is InChI=1S/C18H14O4/c1-9-4-3-5-12-11(9)6-7-13-15(12)17(20)22-18-14(16(13)19)10(2)8-21-18/h3-7,10H,8H2,1-2H3. The molecule has 0 fully saturated rings. The Hall–Kier alpha value is -2.62. The van der Waals surface area contributed by atoms with Gasteiger partial charge in [-0.25, -0.2) is 4.79 Å². The summed E-state index contributed by atoms with van der Waals surface area (Å²) in [5.41, 5.74) is 0.803. The van der Waals surface area contributed by atoms with E-state index in [1.54, 1.807) is 6.07 Å². The molecule has 0 bridgehead atoms. The Morgan fingerprint density at radius 2 is 1.82 bits per heavy atom. The average Bonchev–Trinajstić information content (AvgIpc) is 2.81. The van der Waals surface area contributed by atoms with Crippen LogP contribution in [-0.2, 0) is 0 Å². The van der Waals surface area contributed by atoms with Gasteiger partial charge in [-0.05, 0) is 29.3 Å². The van der Waals surface area contributed by atoms with Gasteiger partial charge in [-0.3, -0.25) is 4.79 Å². The minimum Gasteiger partial charge on any atom is -0.464 e. The van der Waals surface area contributed by atoms with Crippen LogP contribution in [0.5, 0.6) is 5.95 Å². The summed E-state index contributed by atoms with van der Waals surface area (Å²) in [5.74, 6) is -0.00559. The highest BCUT2D eigenvalue weighted by Gasteiger charge is 2.27. The summed E-state index contributed by atoms with van der Waals surface area (Å²) in [7, 11) is 0. The van der Waals surface area contributed by atoms with E-state index in [0.29, 0.717) is 22.9 Å². The fourth-order valence-electron chi connectivity index (χ4n) is 3.17. The summed E-state index contributed by atoms with van der Waals surface area (Å²) >= 11 is 0. The molecule has 0 saturated carbocycles. The van der Waals surface area contributed by atoms with Gasteiger partial charge >= 0.3 is 5.63 Å². The van der Waals surface area contributed by atoms with E-state index in [1.807, 2.05) is 38.1 Å². The van der Waals surface area contributed by atoms with Crippen LogP contribution in [0.2, 0.25) is 0 Å². The van der Waals surface area contributed by atoms with E-state index in [9.17, 15) is 9.59 Å². The lowest BCUT2D eigenvalue weighted by Crippen LogP contribution is -2.09. The summed E-state index contributed by atoms with van der Waals surface area (Å²) in [4.78, 5) is 25.4. The first kappa shape index (κ1) is 13.1. The predicted molar refractivity (Wildman–Crippen MR) is 84.9 cm³/mol. The summed E-state index contributed by atoms with van der Waals surface area (Å²) in [6.45, 7) is 4.23. The molecule has 3 aromatic rings. The molecule has 1 atom stereocenters. The van der Waals surface area contributed by atoms with E-state index in [0.717, 1.165) is 16.3 Å². The summed E-state index contributed by atoms with van der Waals surface area (Å²) in [6.07, 6.45) is 0. The molecule has 2 heterocycles. The minimum atomic E-state index is -0.529. The van der Waals surface area contributed by atoms with Crippen LogP contribution in [0.15, 0.2) is 44.3 Å². The molecule has 2 aromatic carbocycles. The van der Waals surface area contributed by atoms with Crippen molar-refractivity contribution < 1.29 is 9.15 Å². The molecule has 4 rings (SSSR count). The smallest absolute Gasteiger partial charge is 0.347 e. The Labute approximate surface area is 126 Å². The molecule has 0 N–H and O–H groups in total. The SMILES string of the molecule is Cc1cccc2c1ccc1c(=O)c3c(oc(=O)c12)OCC3C. The van der Waals surface area contributed by atoms with Gasteiger partial charge in [0.25, 0.3) is 5.95 Å². The van der Waals surface area contributed by atoms with E-state index in [-0.39, 0.29) is 17.3 Å². The van der Waals surface area contributed by atoms with Crippen LogP contribution >= 0.6 is 0 Å². The van der Waals surface area contributed by atoms with Gasteiger partial charge in [-0.15, -0.1) is 0 Å². The zero-order valence-corrected chi connectivity index (χ0v) is 12.3. The maximum atomic E-state index is 12.8. The molecule has 4 nitrogen and oxygen atoms in total. The molecule has 0 spiro atoms. The van der Waals surface area contributed by atoms with Crippen molar-refractivity contribution >= 4 is 21.5 Å². The normalized spacial score (nSPS) is 16.7. The van der Waals surface area contributed by atoms with Gasteiger partial charge in [0.2, 0.25) is 0 Å². The van der Waals surface area contributed by atoms with Crippen LogP contribution in [0.3, 0.4) is 0 Å². The molecule has 1 aliphatic rings. The van der Waals surface area contributed by atoms with Gasteiger partial charge in [0.15, 0.2) is 5.43 Å². The highest BCUT2D eigenvalue weighted by Crippen LogP contribution is 2.31. The number of fused-ring (bicyclic) bond motifs is 4. The second-order valence-corrected chi connectivity index (χ2v) is 5.79. The van der Waals surface area contributed by atoms with Gasteiger partial charge in [0.05, 0.1) is 17.6 Å². The first-order valence-electron chi connectivity index (χ1n) is 7.24. The number of hydrogen-bond donors (Lipinski definition) is 0. The molecule has 110 valence electrons. The molecule has 4 heteroatoms. The van der Waals surface area contributed by atoms with Crippen LogP contribution in [0.1, 0.15) is 24.0 Å². The Bertz CT molecular complexity index is 1050. The zero-order chi connectivity index (χ0) is 15.4. The molecule has 1 aliphatic heterocycles. The molecule has 1 unspecified atom stereocenters. The van der Waals surface area contributed by atoms with Crippen molar-refractivity contribution in [3.8, 4) is 5.95 Å². The highest BCUT2D eigenvalue weighted by atomic mass is 16.6. The largest absolute Gasteiger partial charge is 0.464 e. The van der Waals surface area contributed by atoms with Gasteiger partial charge < -0.3 is 9.15 Å². The molecule has 0 aliphatic carbocycles. The number of benzene rings is 2. The van der Waals surface area contributed by atoms with Crippen molar-refractivity contribution in [1.82, 2.24) is 0 Å². The predicted octanol–water partition coefficient (Wildman–Crippen LogP) is 3.11. The first-order valence-corrected chi connectivity index (χ1v) is 7.24. The van der Waals surface area contributed by atoms with Crippen molar-refractivity contribution in [2.24, 2.45) is 0 Å². The molecule has 0 saturated heterocycles. The van der Waals surface area contributed by atoms with Crippen LogP contribution in [0, 0.1) is 6.92 Å². The van der Waals surface area contributed by atoms with Crippen molar-refractivity contribution in [2.75, 3.05) is 6.61 Å². The van der Waals surface area contributed by atoms with Crippen LogP contribution in [0.25, 0.3) is 21.5 Å². The fraction of sp³-hybridized carbons (Fsp3) is 0.222. The molecular formula is C18H14O4.